The number of fused-ring (bicyclic) bond motifs is 1. The summed E-state index contributed by atoms with van der Waals surface area (Å²) in [5.41, 5.74) is 3.02. The zero-order chi connectivity index (χ0) is 16.4. The molecule has 23 heavy (non-hydrogen) atoms. The van der Waals surface area contributed by atoms with E-state index in [0.29, 0.717) is 13.0 Å². The maximum absolute atomic E-state index is 12.1. The third-order valence-corrected chi connectivity index (χ3v) is 3.87. The Labute approximate surface area is 135 Å². The molecule has 6 heteroatoms. The first kappa shape index (κ1) is 15.4. The van der Waals surface area contributed by atoms with E-state index in [1.54, 1.807) is 0 Å². The van der Waals surface area contributed by atoms with Crippen molar-refractivity contribution in [3.8, 4) is 11.5 Å². The van der Waals surface area contributed by atoms with Crippen LogP contribution in [0.2, 0.25) is 0 Å². The van der Waals surface area contributed by atoms with E-state index in [9.17, 15) is 4.79 Å². The third-order valence-electron chi connectivity index (χ3n) is 3.87. The van der Waals surface area contributed by atoms with Crippen LogP contribution in [-0.2, 0) is 11.3 Å². The van der Waals surface area contributed by atoms with E-state index in [0.717, 1.165) is 28.5 Å². The van der Waals surface area contributed by atoms with Crippen LogP contribution in [0, 0.1) is 13.8 Å². The number of hydrogen-bond donors (Lipinski definition) is 1. The lowest BCUT2D eigenvalue weighted by atomic mass is 10.2. The summed E-state index contributed by atoms with van der Waals surface area (Å²) in [7, 11) is 0. The van der Waals surface area contributed by atoms with Crippen molar-refractivity contribution in [2.45, 2.75) is 39.8 Å². The minimum absolute atomic E-state index is 0.00252. The van der Waals surface area contributed by atoms with Crippen molar-refractivity contribution in [3.05, 3.63) is 41.2 Å². The molecule has 3 rings (SSSR count). The summed E-state index contributed by atoms with van der Waals surface area (Å²) in [4.78, 5) is 12.1. The van der Waals surface area contributed by atoms with Crippen LogP contribution in [0.3, 0.4) is 0 Å². The summed E-state index contributed by atoms with van der Waals surface area (Å²) in [6.07, 6.45) is 0.395. The molecule has 6 nitrogen and oxygen atoms in total. The van der Waals surface area contributed by atoms with Gasteiger partial charge in [0.25, 0.3) is 0 Å². The third kappa shape index (κ3) is 3.47. The smallest absolute Gasteiger partial charge is 0.231 e. The summed E-state index contributed by atoms with van der Waals surface area (Å²) in [5, 5.41) is 7.37. The number of benzene rings is 1. The zero-order valence-corrected chi connectivity index (χ0v) is 13.6. The Morgan fingerprint density at radius 1 is 1.30 bits per heavy atom. The Balaban J connectivity index is 1.54. The van der Waals surface area contributed by atoms with Gasteiger partial charge < -0.3 is 14.8 Å². The number of amides is 1. The van der Waals surface area contributed by atoms with Crippen molar-refractivity contribution in [1.82, 2.24) is 15.1 Å². The van der Waals surface area contributed by atoms with Crippen LogP contribution in [0.1, 0.15) is 36.3 Å². The number of ether oxygens (including phenoxy) is 2. The quantitative estimate of drug-likeness (QED) is 0.920. The maximum atomic E-state index is 12.1. The minimum atomic E-state index is 0.00252. The fourth-order valence-corrected chi connectivity index (χ4v) is 2.77. The molecule has 0 radical (unpaired) electrons. The second kappa shape index (κ2) is 6.32. The highest BCUT2D eigenvalue weighted by molar-refractivity contribution is 5.76. The first-order valence-corrected chi connectivity index (χ1v) is 7.71. The molecule has 0 fully saturated rings. The zero-order valence-electron chi connectivity index (χ0n) is 13.6. The largest absolute Gasteiger partial charge is 0.454 e. The van der Waals surface area contributed by atoms with E-state index < -0.39 is 0 Å². The van der Waals surface area contributed by atoms with Gasteiger partial charge in [0, 0.05) is 18.7 Å². The highest BCUT2D eigenvalue weighted by Gasteiger charge is 2.15. The second-order valence-corrected chi connectivity index (χ2v) is 5.89. The molecule has 1 aliphatic rings. The van der Waals surface area contributed by atoms with Crippen molar-refractivity contribution in [3.63, 3.8) is 0 Å². The number of nitrogens with one attached hydrogen (secondary N) is 1. The van der Waals surface area contributed by atoms with E-state index in [2.05, 4.69) is 10.4 Å². The van der Waals surface area contributed by atoms with E-state index in [1.165, 1.54) is 0 Å². The van der Waals surface area contributed by atoms with E-state index >= 15 is 0 Å². The number of aromatic nitrogens is 2. The highest BCUT2D eigenvalue weighted by atomic mass is 16.7. The summed E-state index contributed by atoms with van der Waals surface area (Å²) in [6.45, 7) is 6.68. The lowest BCUT2D eigenvalue weighted by Crippen LogP contribution is -2.26. The van der Waals surface area contributed by atoms with Gasteiger partial charge in [-0.05, 0) is 44.5 Å². The molecule has 1 aromatic carbocycles. The number of carbonyl (C=O) groups excluding carboxylic acids is 1. The van der Waals surface area contributed by atoms with Gasteiger partial charge in [0.05, 0.1) is 11.7 Å². The molecule has 2 aromatic rings. The topological polar surface area (TPSA) is 65.4 Å². The molecule has 0 saturated carbocycles. The molecule has 1 atom stereocenters. The average Bonchev–Trinajstić information content (AvgIpc) is 3.10. The normalized spacial score (nSPS) is 13.9. The molecule has 0 bridgehead atoms. The maximum Gasteiger partial charge on any atom is 0.231 e. The molecule has 1 N–H and O–H groups in total. The molecule has 1 aliphatic heterocycles. The average molecular weight is 315 g/mol. The summed E-state index contributed by atoms with van der Waals surface area (Å²) >= 11 is 0. The Hall–Kier alpha value is -2.50. The van der Waals surface area contributed by atoms with Gasteiger partial charge >= 0.3 is 0 Å². The molecule has 0 unspecified atom stereocenters. The predicted octanol–water partition coefficient (Wildman–Crippen LogP) is 2.50. The van der Waals surface area contributed by atoms with Gasteiger partial charge in [0.2, 0.25) is 12.7 Å². The van der Waals surface area contributed by atoms with Gasteiger partial charge in [-0.15, -0.1) is 0 Å². The molecule has 1 aromatic heterocycles. The van der Waals surface area contributed by atoms with Gasteiger partial charge in [0.1, 0.15) is 0 Å². The van der Waals surface area contributed by atoms with Crippen LogP contribution in [0.5, 0.6) is 11.5 Å². The highest BCUT2D eigenvalue weighted by Crippen LogP contribution is 2.32. The minimum Gasteiger partial charge on any atom is -0.454 e. The lowest BCUT2D eigenvalue weighted by molar-refractivity contribution is -0.122. The van der Waals surface area contributed by atoms with E-state index in [-0.39, 0.29) is 18.7 Å². The van der Waals surface area contributed by atoms with Crippen molar-refractivity contribution in [1.29, 1.82) is 0 Å². The summed E-state index contributed by atoms with van der Waals surface area (Å²) in [6, 6.07) is 7.73. The van der Waals surface area contributed by atoms with Gasteiger partial charge in [-0.2, -0.15) is 5.10 Å². The molecule has 122 valence electrons. The number of carbonyl (C=O) groups is 1. The molecular weight excluding hydrogens is 294 g/mol. The predicted molar refractivity (Wildman–Crippen MR) is 85.4 cm³/mol. The monoisotopic (exact) mass is 315 g/mol. The van der Waals surface area contributed by atoms with Crippen LogP contribution in [0.25, 0.3) is 0 Å². The van der Waals surface area contributed by atoms with Gasteiger partial charge in [-0.3, -0.25) is 9.48 Å². The molecule has 1 amide bonds. The number of aryl methyl sites for hydroxylation is 2. The SMILES string of the molecule is Cc1cc(C)n([C@@H](C)CC(=O)NCc2ccc3c(c2)OCO3)n1. The number of hydrogen-bond acceptors (Lipinski definition) is 4. The van der Waals surface area contributed by atoms with Gasteiger partial charge in [0.15, 0.2) is 11.5 Å². The number of nitrogens with zero attached hydrogens (tertiary/aromatic N) is 2. The van der Waals surface area contributed by atoms with Gasteiger partial charge in [-0.25, -0.2) is 0 Å². The molecular formula is C17H21N3O3. The van der Waals surface area contributed by atoms with Crippen molar-refractivity contribution >= 4 is 5.91 Å². The number of rotatable bonds is 5. The fraction of sp³-hybridized carbons (Fsp3) is 0.412. The van der Waals surface area contributed by atoms with Crippen LogP contribution < -0.4 is 14.8 Å². The van der Waals surface area contributed by atoms with Crippen molar-refractivity contribution in [2.75, 3.05) is 6.79 Å². The Bertz CT molecular complexity index is 724. The molecule has 0 spiro atoms. The van der Waals surface area contributed by atoms with Crippen LogP contribution in [0.4, 0.5) is 0 Å². The second-order valence-electron chi connectivity index (χ2n) is 5.89. The standard InChI is InChI=1S/C17H21N3O3/c1-11-6-12(2)20(19-11)13(3)7-17(21)18-9-14-4-5-15-16(8-14)23-10-22-15/h4-6,8,13H,7,9-10H2,1-3H3,(H,18,21)/t13-/m0/s1. The molecule has 0 aliphatic carbocycles. The Morgan fingerprint density at radius 3 is 2.83 bits per heavy atom. The van der Waals surface area contributed by atoms with Gasteiger partial charge in [-0.1, -0.05) is 6.07 Å². The Morgan fingerprint density at radius 2 is 2.09 bits per heavy atom. The van der Waals surface area contributed by atoms with Crippen LogP contribution in [0.15, 0.2) is 24.3 Å². The summed E-state index contributed by atoms with van der Waals surface area (Å²) in [5.74, 6) is 1.48. The molecule has 0 saturated heterocycles. The van der Waals surface area contributed by atoms with Crippen molar-refractivity contribution in [2.24, 2.45) is 0 Å². The van der Waals surface area contributed by atoms with E-state index in [4.69, 9.17) is 9.47 Å². The Kier molecular flexibility index (Phi) is 4.23. The fourth-order valence-electron chi connectivity index (χ4n) is 2.77. The van der Waals surface area contributed by atoms with Crippen LogP contribution >= 0.6 is 0 Å². The lowest BCUT2D eigenvalue weighted by Gasteiger charge is -2.14. The van der Waals surface area contributed by atoms with E-state index in [1.807, 2.05) is 49.7 Å². The first-order valence-electron chi connectivity index (χ1n) is 7.71. The van der Waals surface area contributed by atoms with Crippen LogP contribution in [-0.4, -0.2) is 22.5 Å². The molecule has 2 heterocycles. The first-order chi connectivity index (χ1) is 11.0. The summed E-state index contributed by atoms with van der Waals surface area (Å²) < 4.78 is 12.5. The van der Waals surface area contributed by atoms with Crippen molar-refractivity contribution < 1.29 is 14.3 Å².